The molecule has 1 heterocycles. The summed E-state index contributed by atoms with van der Waals surface area (Å²) in [7, 11) is 0. The molecule has 0 bridgehead atoms. The molecule has 1 aromatic heterocycles. The van der Waals surface area contributed by atoms with E-state index in [1.165, 1.54) is 0 Å². The highest BCUT2D eigenvalue weighted by atomic mass is 16.5. The van der Waals surface area contributed by atoms with E-state index in [0.717, 1.165) is 12.2 Å². The summed E-state index contributed by atoms with van der Waals surface area (Å²) in [6.45, 7) is 4.20. The zero-order valence-corrected chi connectivity index (χ0v) is 7.82. The summed E-state index contributed by atoms with van der Waals surface area (Å²) in [6.07, 6.45) is 1.51. The average Bonchev–Trinajstić information content (AvgIpc) is 2.48. The molecule has 0 amide bonds. The summed E-state index contributed by atoms with van der Waals surface area (Å²) in [5.41, 5.74) is 0. The van der Waals surface area contributed by atoms with Crippen LogP contribution in [0.5, 0.6) is 5.88 Å². The third kappa shape index (κ3) is 3.27. The van der Waals surface area contributed by atoms with Gasteiger partial charge in [-0.25, -0.2) is 0 Å². The Hall–Kier alpha value is -1.32. The zero-order valence-electron chi connectivity index (χ0n) is 7.82. The second kappa shape index (κ2) is 4.64. The lowest BCUT2D eigenvalue weighted by atomic mass is 10.1. The smallest absolute Gasteiger partial charge is 0.254 e. The van der Waals surface area contributed by atoms with Gasteiger partial charge in [0.05, 0.1) is 0 Å². The van der Waals surface area contributed by atoms with Gasteiger partial charge in [0.15, 0.2) is 6.29 Å². The quantitative estimate of drug-likeness (QED) is 0.648. The van der Waals surface area contributed by atoms with Crippen molar-refractivity contribution < 1.29 is 14.1 Å². The fourth-order valence-electron chi connectivity index (χ4n) is 0.980. The number of aromatic nitrogens is 1. The van der Waals surface area contributed by atoms with Crippen LogP contribution in [0.3, 0.4) is 0 Å². The summed E-state index contributed by atoms with van der Waals surface area (Å²) in [4.78, 5) is 9.98. The summed E-state index contributed by atoms with van der Waals surface area (Å²) in [5, 5.41) is 3.65. The van der Waals surface area contributed by atoms with Crippen molar-refractivity contribution in [2.24, 2.45) is 5.92 Å². The molecule has 0 aliphatic rings. The van der Waals surface area contributed by atoms with E-state index >= 15 is 0 Å². The molecule has 0 aliphatic carbocycles. The summed E-state index contributed by atoms with van der Waals surface area (Å²) < 4.78 is 9.93. The minimum Gasteiger partial charge on any atom is -0.468 e. The van der Waals surface area contributed by atoms with Gasteiger partial charge in [-0.1, -0.05) is 13.8 Å². The Kier molecular flexibility index (Phi) is 3.49. The number of nitrogens with zero attached hydrogens (tertiary/aromatic N) is 1. The van der Waals surface area contributed by atoms with Gasteiger partial charge in [-0.05, 0) is 11.1 Å². The van der Waals surface area contributed by atoms with Gasteiger partial charge in [-0.2, -0.15) is 0 Å². The van der Waals surface area contributed by atoms with Crippen LogP contribution in [0.1, 0.15) is 19.6 Å². The van der Waals surface area contributed by atoms with Crippen molar-refractivity contribution in [3.63, 3.8) is 0 Å². The monoisotopic (exact) mass is 183 g/mol. The molecule has 1 rings (SSSR count). The first kappa shape index (κ1) is 9.77. The fraction of sp³-hybridized carbons (Fsp3) is 0.556. The van der Waals surface area contributed by atoms with Crippen molar-refractivity contribution in [1.82, 2.24) is 5.16 Å². The third-order valence-electron chi connectivity index (χ3n) is 1.45. The number of carbonyl (C=O) groups excluding carboxylic acids is 1. The van der Waals surface area contributed by atoms with Crippen LogP contribution < -0.4 is 4.74 Å². The molecule has 0 N–H and O–H groups in total. The van der Waals surface area contributed by atoms with E-state index in [-0.39, 0.29) is 6.61 Å². The molecular weight excluding hydrogens is 170 g/mol. The van der Waals surface area contributed by atoms with Crippen molar-refractivity contribution in [2.45, 2.75) is 20.3 Å². The topological polar surface area (TPSA) is 52.3 Å². The lowest BCUT2D eigenvalue weighted by Gasteiger charge is -1.96. The highest BCUT2D eigenvalue weighted by Crippen LogP contribution is 2.14. The maximum atomic E-state index is 9.98. The Morgan fingerprint density at radius 1 is 1.69 bits per heavy atom. The number of carbonyl (C=O) groups is 1. The molecule has 0 aromatic carbocycles. The Bertz CT molecular complexity index is 268. The van der Waals surface area contributed by atoms with Crippen LogP contribution in [-0.4, -0.2) is 18.0 Å². The predicted molar refractivity (Wildman–Crippen MR) is 46.6 cm³/mol. The average molecular weight is 183 g/mol. The first-order valence-corrected chi connectivity index (χ1v) is 4.24. The molecule has 4 nitrogen and oxygen atoms in total. The summed E-state index contributed by atoms with van der Waals surface area (Å²) in [5.74, 6) is 1.69. The van der Waals surface area contributed by atoms with Crippen molar-refractivity contribution in [2.75, 3.05) is 6.61 Å². The Morgan fingerprint density at radius 3 is 3.08 bits per heavy atom. The molecule has 0 aliphatic heterocycles. The minimum atomic E-state index is 0.0215. The normalized spacial score (nSPS) is 10.4. The van der Waals surface area contributed by atoms with E-state index in [0.29, 0.717) is 18.1 Å². The van der Waals surface area contributed by atoms with Gasteiger partial charge >= 0.3 is 0 Å². The molecular formula is C9H13NO3. The molecule has 1 aromatic rings. The molecule has 0 atom stereocenters. The minimum absolute atomic E-state index is 0.0215. The van der Waals surface area contributed by atoms with Gasteiger partial charge in [0.2, 0.25) is 0 Å². The summed E-state index contributed by atoms with van der Waals surface area (Å²) in [6, 6.07) is 1.71. The molecule has 0 radical (unpaired) electrons. The lowest BCUT2D eigenvalue weighted by Crippen LogP contribution is -1.97. The molecule has 13 heavy (non-hydrogen) atoms. The first-order valence-electron chi connectivity index (χ1n) is 4.24. The molecule has 0 unspecified atom stereocenters. The SMILES string of the molecule is CC(C)Cc1cc(OCC=O)no1. The lowest BCUT2D eigenvalue weighted by molar-refractivity contribution is -0.109. The number of aldehydes is 1. The zero-order chi connectivity index (χ0) is 9.68. The molecule has 0 saturated heterocycles. The van der Waals surface area contributed by atoms with Crippen molar-refractivity contribution in [1.29, 1.82) is 0 Å². The van der Waals surface area contributed by atoms with Crippen molar-refractivity contribution >= 4 is 6.29 Å². The molecule has 72 valence electrons. The van der Waals surface area contributed by atoms with Crippen LogP contribution in [0.4, 0.5) is 0 Å². The number of rotatable bonds is 5. The Labute approximate surface area is 76.9 Å². The van der Waals surface area contributed by atoms with Gasteiger partial charge in [-0.3, -0.25) is 4.79 Å². The predicted octanol–water partition coefficient (Wildman–Crippen LogP) is 1.45. The standard InChI is InChI=1S/C9H13NO3/c1-7(2)5-8-6-9(10-13-8)12-4-3-11/h3,6-7H,4-5H2,1-2H3. The van der Waals surface area contributed by atoms with E-state index in [4.69, 9.17) is 9.26 Å². The number of hydrogen-bond donors (Lipinski definition) is 0. The summed E-state index contributed by atoms with van der Waals surface area (Å²) >= 11 is 0. The van der Waals surface area contributed by atoms with Crippen LogP contribution in [-0.2, 0) is 11.2 Å². The second-order valence-electron chi connectivity index (χ2n) is 3.21. The van der Waals surface area contributed by atoms with E-state index < -0.39 is 0 Å². The van der Waals surface area contributed by atoms with Gasteiger partial charge in [0.25, 0.3) is 5.88 Å². The van der Waals surface area contributed by atoms with Crippen LogP contribution in [0.25, 0.3) is 0 Å². The molecule has 4 heteroatoms. The van der Waals surface area contributed by atoms with Crippen molar-refractivity contribution in [3.05, 3.63) is 11.8 Å². The Balaban J connectivity index is 2.48. The molecule has 0 fully saturated rings. The molecule has 0 saturated carbocycles. The van der Waals surface area contributed by atoms with Crippen LogP contribution in [0, 0.1) is 5.92 Å². The fourth-order valence-corrected chi connectivity index (χ4v) is 0.980. The largest absolute Gasteiger partial charge is 0.468 e. The maximum absolute atomic E-state index is 9.98. The van der Waals surface area contributed by atoms with Gasteiger partial charge < -0.3 is 9.26 Å². The van der Waals surface area contributed by atoms with Crippen molar-refractivity contribution in [3.8, 4) is 5.88 Å². The van der Waals surface area contributed by atoms with Gasteiger partial charge in [0.1, 0.15) is 12.4 Å². The first-order chi connectivity index (χ1) is 6.22. The highest BCUT2D eigenvalue weighted by molar-refractivity contribution is 5.51. The van der Waals surface area contributed by atoms with E-state index in [1.54, 1.807) is 6.07 Å². The Morgan fingerprint density at radius 2 is 2.46 bits per heavy atom. The van der Waals surface area contributed by atoms with E-state index in [1.807, 2.05) is 0 Å². The second-order valence-corrected chi connectivity index (χ2v) is 3.21. The third-order valence-corrected chi connectivity index (χ3v) is 1.45. The van der Waals surface area contributed by atoms with Crippen LogP contribution in [0.15, 0.2) is 10.6 Å². The van der Waals surface area contributed by atoms with Crippen LogP contribution >= 0.6 is 0 Å². The van der Waals surface area contributed by atoms with E-state index in [9.17, 15) is 4.79 Å². The van der Waals surface area contributed by atoms with Gasteiger partial charge in [0, 0.05) is 12.5 Å². The maximum Gasteiger partial charge on any atom is 0.254 e. The number of ether oxygens (including phenoxy) is 1. The van der Waals surface area contributed by atoms with Gasteiger partial charge in [-0.15, -0.1) is 0 Å². The van der Waals surface area contributed by atoms with Crippen LogP contribution in [0.2, 0.25) is 0 Å². The van der Waals surface area contributed by atoms with E-state index in [2.05, 4.69) is 19.0 Å². The molecule has 0 spiro atoms. The highest BCUT2D eigenvalue weighted by Gasteiger charge is 2.06. The number of hydrogen-bond acceptors (Lipinski definition) is 4.